The minimum absolute atomic E-state index is 0.127. The second kappa shape index (κ2) is 8.05. The van der Waals surface area contributed by atoms with Gasteiger partial charge in [0.25, 0.3) is 5.69 Å². The third-order valence-electron chi connectivity index (χ3n) is 5.04. The largest absolute Gasteiger partial charge is 0.273 e. The van der Waals surface area contributed by atoms with Gasteiger partial charge < -0.3 is 0 Å². The van der Waals surface area contributed by atoms with Crippen LogP contribution in [0.5, 0.6) is 0 Å². The molecule has 0 N–H and O–H groups in total. The maximum Gasteiger partial charge on any atom is 0.273 e. The van der Waals surface area contributed by atoms with Crippen LogP contribution < -0.4 is 4.57 Å². The average Bonchev–Trinajstić information content (AvgIpc) is 3.09. The molecule has 0 aliphatic carbocycles. The fourth-order valence-electron chi connectivity index (χ4n) is 3.54. The van der Waals surface area contributed by atoms with Crippen LogP contribution in [0.1, 0.15) is 11.1 Å². The highest BCUT2D eigenvalue weighted by atomic mass is 16.6. The first-order valence-corrected chi connectivity index (χ1v) is 9.45. The molecule has 5 heteroatoms. The van der Waals surface area contributed by atoms with E-state index in [2.05, 4.69) is 39.7 Å². The molecule has 0 fully saturated rings. The predicted molar refractivity (Wildman–Crippen MR) is 109 cm³/mol. The number of aromatic nitrogens is 2. The van der Waals surface area contributed by atoms with Crippen LogP contribution in [0.15, 0.2) is 85.2 Å². The number of fused-ring (bicyclic) bond motifs is 1. The molecule has 4 aromatic rings. The van der Waals surface area contributed by atoms with Crippen molar-refractivity contribution in [2.75, 3.05) is 0 Å². The van der Waals surface area contributed by atoms with E-state index in [0.717, 1.165) is 37.0 Å². The van der Waals surface area contributed by atoms with Crippen molar-refractivity contribution < 1.29 is 9.49 Å². The van der Waals surface area contributed by atoms with Crippen molar-refractivity contribution in [3.05, 3.63) is 106 Å². The molecule has 0 spiro atoms. The topological polar surface area (TPSA) is 52.0 Å². The van der Waals surface area contributed by atoms with E-state index < -0.39 is 0 Å². The molecule has 0 radical (unpaired) electrons. The predicted octanol–water partition coefficient (Wildman–Crippen LogP) is 4.32. The Bertz CT molecular complexity index is 1090. The number of non-ortho nitro benzene ring substituents is 1. The molecule has 3 aromatic carbocycles. The van der Waals surface area contributed by atoms with Crippen molar-refractivity contribution in [1.29, 1.82) is 0 Å². The van der Waals surface area contributed by atoms with Crippen LogP contribution in [-0.2, 0) is 25.9 Å². The molecule has 0 saturated carbocycles. The minimum Gasteiger partial charge on any atom is -0.258 e. The number of rotatable bonds is 7. The van der Waals surface area contributed by atoms with Crippen LogP contribution in [0, 0.1) is 10.1 Å². The van der Waals surface area contributed by atoms with Gasteiger partial charge in [-0.05, 0) is 17.2 Å². The van der Waals surface area contributed by atoms with E-state index in [1.165, 1.54) is 11.1 Å². The lowest BCUT2D eigenvalue weighted by molar-refractivity contribution is -0.671. The lowest BCUT2D eigenvalue weighted by Gasteiger charge is -1.99. The van der Waals surface area contributed by atoms with Crippen molar-refractivity contribution in [1.82, 2.24) is 4.57 Å². The molecule has 0 unspecified atom stereocenters. The second-order valence-electron chi connectivity index (χ2n) is 6.90. The molecular weight excluding hydrogens is 350 g/mol. The summed E-state index contributed by atoms with van der Waals surface area (Å²) in [5.41, 5.74) is 4.59. The molecule has 0 saturated heterocycles. The number of nitro benzene ring substituents is 1. The van der Waals surface area contributed by atoms with Gasteiger partial charge in [-0.2, -0.15) is 0 Å². The summed E-state index contributed by atoms with van der Waals surface area (Å²) in [6.45, 7) is 1.61. The van der Waals surface area contributed by atoms with Crippen LogP contribution in [-0.4, -0.2) is 9.49 Å². The first-order chi connectivity index (χ1) is 13.7. The summed E-state index contributed by atoms with van der Waals surface area (Å²) in [6, 6.07) is 25.8. The zero-order valence-corrected chi connectivity index (χ0v) is 15.6. The molecule has 0 amide bonds. The van der Waals surface area contributed by atoms with Crippen molar-refractivity contribution in [3.63, 3.8) is 0 Å². The fraction of sp³-hybridized carbons (Fsp3) is 0.174. The molecular formula is C23H22N3O2+. The average molecular weight is 372 g/mol. The van der Waals surface area contributed by atoms with Gasteiger partial charge in [0, 0.05) is 18.9 Å². The van der Waals surface area contributed by atoms with Gasteiger partial charge in [-0.1, -0.05) is 60.7 Å². The fourth-order valence-corrected chi connectivity index (χ4v) is 3.54. The summed E-state index contributed by atoms with van der Waals surface area (Å²) >= 11 is 0. The van der Waals surface area contributed by atoms with Gasteiger partial charge in [0.1, 0.15) is 0 Å². The lowest BCUT2D eigenvalue weighted by Crippen LogP contribution is -2.33. The van der Waals surface area contributed by atoms with Gasteiger partial charge in [0.05, 0.1) is 24.1 Å². The molecule has 0 atom stereocenters. The number of imidazole rings is 1. The van der Waals surface area contributed by atoms with Crippen LogP contribution in [0.3, 0.4) is 0 Å². The first-order valence-electron chi connectivity index (χ1n) is 9.45. The highest BCUT2D eigenvalue weighted by Gasteiger charge is 2.19. The summed E-state index contributed by atoms with van der Waals surface area (Å²) in [7, 11) is 0. The number of hydrogen-bond acceptors (Lipinski definition) is 2. The van der Waals surface area contributed by atoms with Crippen molar-refractivity contribution in [3.8, 4) is 0 Å². The van der Waals surface area contributed by atoms with Gasteiger partial charge >= 0.3 is 0 Å². The molecule has 140 valence electrons. The Morgan fingerprint density at radius 2 is 1.50 bits per heavy atom. The molecule has 5 nitrogen and oxygen atoms in total. The first kappa shape index (κ1) is 17.9. The molecule has 1 heterocycles. The highest BCUT2D eigenvalue weighted by molar-refractivity contribution is 5.75. The quantitative estimate of drug-likeness (QED) is 0.276. The Morgan fingerprint density at radius 3 is 2.14 bits per heavy atom. The van der Waals surface area contributed by atoms with Gasteiger partial charge in [-0.3, -0.25) is 10.1 Å². The minimum atomic E-state index is -0.331. The number of benzene rings is 3. The van der Waals surface area contributed by atoms with E-state index in [4.69, 9.17) is 0 Å². The van der Waals surface area contributed by atoms with Crippen molar-refractivity contribution in [2.45, 2.75) is 25.9 Å². The van der Waals surface area contributed by atoms with Crippen LogP contribution in [0.4, 0.5) is 5.69 Å². The number of hydrogen-bond donors (Lipinski definition) is 0. The Hall–Kier alpha value is -3.47. The third kappa shape index (κ3) is 3.93. The Kier molecular flexibility index (Phi) is 5.15. The smallest absolute Gasteiger partial charge is 0.258 e. The molecule has 4 rings (SSSR count). The number of nitro groups is 1. The number of nitrogens with zero attached hydrogens (tertiary/aromatic N) is 3. The Balaban J connectivity index is 1.64. The van der Waals surface area contributed by atoms with Crippen LogP contribution in [0.2, 0.25) is 0 Å². The second-order valence-corrected chi connectivity index (χ2v) is 6.90. The summed E-state index contributed by atoms with van der Waals surface area (Å²) in [6.07, 6.45) is 3.88. The normalized spacial score (nSPS) is 11.0. The monoisotopic (exact) mass is 372 g/mol. The lowest BCUT2D eigenvalue weighted by atomic mass is 10.1. The standard InChI is InChI=1S/C23H22N3O2/c27-26(28)21-11-12-22-23(17-21)25(16-14-20-9-5-2-6-10-20)18-24(22)15-13-19-7-3-1-4-8-19/h1-12,17-18H,13-16H2/q+1. The van der Waals surface area contributed by atoms with E-state index in [1.54, 1.807) is 12.1 Å². The molecule has 28 heavy (non-hydrogen) atoms. The Morgan fingerprint density at radius 1 is 0.857 bits per heavy atom. The summed E-state index contributed by atoms with van der Waals surface area (Å²) in [5, 5.41) is 11.2. The van der Waals surface area contributed by atoms with Crippen LogP contribution in [0.25, 0.3) is 11.0 Å². The summed E-state index contributed by atoms with van der Waals surface area (Å²) in [4.78, 5) is 10.9. The highest BCUT2D eigenvalue weighted by Crippen LogP contribution is 2.20. The molecule has 0 aliphatic heterocycles. The van der Waals surface area contributed by atoms with E-state index in [1.807, 2.05) is 42.5 Å². The summed E-state index contributed by atoms with van der Waals surface area (Å²) in [5.74, 6) is 0. The van der Waals surface area contributed by atoms with Gasteiger partial charge in [-0.25, -0.2) is 9.13 Å². The maximum absolute atomic E-state index is 11.2. The molecule has 0 aliphatic rings. The molecule has 1 aromatic heterocycles. The summed E-state index contributed by atoms with van der Waals surface area (Å²) < 4.78 is 4.32. The van der Waals surface area contributed by atoms with Gasteiger partial charge in [-0.15, -0.1) is 0 Å². The van der Waals surface area contributed by atoms with Gasteiger partial charge in [0.2, 0.25) is 6.33 Å². The van der Waals surface area contributed by atoms with Crippen molar-refractivity contribution >= 4 is 16.7 Å². The Labute approximate surface area is 163 Å². The van der Waals surface area contributed by atoms with E-state index >= 15 is 0 Å². The van der Waals surface area contributed by atoms with Crippen LogP contribution >= 0.6 is 0 Å². The SMILES string of the molecule is O=[N+]([O-])c1ccc2c(c1)n(CCc1ccccc1)c[n+]2CCc1ccccc1. The van der Waals surface area contributed by atoms with E-state index in [0.29, 0.717) is 0 Å². The third-order valence-corrected chi connectivity index (χ3v) is 5.04. The van der Waals surface area contributed by atoms with E-state index in [-0.39, 0.29) is 10.6 Å². The zero-order valence-electron chi connectivity index (χ0n) is 15.6. The van der Waals surface area contributed by atoms with Gasteiger partial charge in [0.15, 0.2) is 11.0 Å². The van der Waals surface area contributed by atoms with Crippen molar-refractivity contribution in [2.24, 2.45) is 0 Å². The zero-order chi connectivity index (χ0) is 19.3. The van der Waals surface area contributed by atoms with E-state index in [9.17, 15) is 10.1 Å². The number of aryl methyl sites for hydroxylation is 4. The maximum atomic E-state index is 11.2. The molecule has 0 bridgehead atoms.